The molecular formula is C21H30N4S. The molecule has 1 aliphatic rings. The highest BCUT2D eigenvalue weighted by Gasteiger charge is 2.14. The van der Waals surface area contributed by atoms with Crippen molar-refractivity contribution >= 4 is 17.3 Å². The molecule has 0 aliphatic carbocycles. The lowest BCUT2D eigenvalue weighted by Crippen LogP contribution is -2.40. The number of thiophene rings is 1. The fourth-order valence-electron chi connectivity index (χ4n) is 3.40. The molecule has 0 saturated carbocycles. The Morgan fingerprint density at radius 3 is 2.85 bits per heavy atom. The minimum absolute atomic E-state index is 0.494. The lowest BCUT2D eigenvalue weighted by molar-refractivity contribution is 0.251. The Balaban J connectivity index is 1.34. The summed E-state index contributed by atoms with van der Waals surface area (Å²) in [5.74, 6) is 1.39. The monoisotopic (exact) mass is 370 g/mol. The van der Waals surface area contributed by atoms with Crippen molar-refractivity contribution in [2.45, 2.75) is 32.2 Å². The van der Waals surface area contributed by atoms with Gasteiger partial charge in [-0.1, -0.05) is 31.2 Å². The maximum absolute atomic E-state index is 4.34. The first kappa shape index (κ1) is 18.9. The van der Waals surface area contributed by atoms with Crippen molar-refractivity contribution in [2.75, 3.05) is 33.2 Å². The minimum atomic E-state index is 0.494. The molecule has 1 unspecified atom stereocenters. The number of hydrogen-bond acceptors (Lipinski definition) is 3. The van der Waals surface area contributed by atoms with Crippen LogP contribution in [0.25, 0.3) is 0 Å². The van der Waals surface area contributed by atoms with Crippen molar-refractivity contribution in [3.63, 3.8) is 0 Å². The van der Waals surface area contributed by atoms with Gasteiger partial charge < -0.3 is 10.6 Å². The van der Waals surface area contributed by atoms with Crippen LogP contribution < -0.4 is 10.6 Å². The Morgan fingerprint density at radius 2 is 2.08 bits per heavy atom. The summed E-state index contributed by atoms with van der Waals surface area (Å²) in [5.41, 5.74) is 4.40. The van der Waals surface area contributed by atoms with Crippen LogP contribution in [0, 0.1) is 0 Å². The Labute approximate surface area is 161 Å². The predicted molar refractivity (Wildman–Crippen MR) is 112 cm³/mol. The molecule has 26 heavy (non-hydrogen) atoms. The third-order valence-corrected chi connectivity index (χ3v) is 5.77. The third kappa shape index (κ3) is 5.32. The van der Waals surface area contributed by atoms with E-state index in [1.807, 2.05) is 7.05 Å². The van der Waals surface area contributed by atoms with E-state index in [-0.39, 0.29) is 0 Å². The third-order valence-electron chi connectivity index (χ3n) is 5.06. The molecule has 0 bridgehead atoms. The molecule has 0 fully saturated rings. The summed E-state index contributed by atoms with van der Waals surface area (Å²) in [4.78, 5) is 6.89. The second-order valence-corrected chi connectivity index (χ2v) is 7.77. The number of guanidine groups is 1. The quantitative estimate of drug-likeness (QED) is 0.445. The van der Waals surface area contributed by atoms with Crippen LogP contribution in [0.15, 0.2) is 46.1 Å². The number of aliphatic imine (C=N–C) groups is 1. The summed E-state index contributed by atoms with van der Waals surface area (Å²) in [7, 11) is 1.84. The van der Waals surface area contributed by atoms with E-state index in [1.54, 1.807) is 11.3 Å². The molecule has 3 rings (SSSR count). The van der Waals surface area contributed by atoms with Crippen molar-refractivity contribution in [3.05, 3.63) is 57.8 Å². The average molecular weight is 371 g/mol. The standard InChI is InChI=1S/C21H30N4S/c1-17(20-9-13-26-16-20)14-24-21(22-2)23-10-5-11-25-12-8-18-6-3-4-7-19(18)15-25/h3-4,6-7,9,13,16-17H,5,8,10-12,14-15H2,1-2H3,(H2,22,23,24). The van der Waals surface area contributed by atoms with E-state index >= 15 is 0 Å². The topological polar surface area (TPSA) is 39.7 Å². The summed E-state index contributed by atoms with van der Waals surface area (Å²) in [6.07, 6.45) is 2.30. The molecule has 4 nitrogen and oxygen atoms in total. The van der Waals surface area contributed by atoms with Gasteiger partial charge in [0.1, 0.15) is 0 Å². The van der Waals surface area contributed by atoms with Gasteiger partial charge in [0, 0.05) is 39.8 Å². The molecule has 2 aromatic rings. The maximum Gasteiger partial charge on any atom is 0.190 e. The summed E-state index contributed by atoms with van der Waals surface area (Å²) >= 11 is 1.76. The Morgan fingerprint density at radius 1 is 1.23 bits per heavy atom. The van der Waals surface area contributed by atoms with Gasteiger partial charge in [-0.3, -0.25) is 9.89 Å². The second-order valence-electron chi connectivity index (χ2n) is 6.99. The zero-order chi connectivity index (χ0) is 18.2. The number of rotatable bonds is 7. The van der Waals surface area contributed by atoms with E-state index in [1.165, 1.54) is 29.7 Å². The lowest BCUT2D eigenvalue weighted by atomic mass is 10.00. The minimum Gasteiger partial charge on any atom is -0.356 e. The molecule has 0 amide bonds. The van der Waals surface area contributed by atoms with Crippen molar-refractivity contribution in [1.82, 2.24) is 15.5 Å². The van der Waals surface area contributed by atoms with Crippen molar-refractivity contribution in [1.29, 1.82) is 0 Å². The average Bonchev–Trinajstić information content (AvgIpc) is 3.22. The molecule has 0 spiro atoms. The first-order valence-corrected chi connectivity index (χ1v) is 10.5. The van der Waals surface area contributed by atoms with Crippen LogP contribution in [0.3, 0.4) is 0 Å². The SMILES string of the molecule is CN=C(NCCCN1CCc2ccccc2C1)NCC(C)c1ccsc1. The van der Waals surface area contributed by atoms with Gasteiger partial charge in [-0.2, -0.15) is 11.3 Å². The molecule has 1 aromatic heterocycles. The van der Waals surface area contributed by atoms with Crippen molar-refractivity contribution in [2.24, 2.45) is 4.99 Å². The fraction of sp³-hybridized carbons (Fsp3) is 0.476. The highest BCUT2D eigenvalue weighted by molar-refractivity contribution is 7.07. The van der Waals surface area contributed by atoms with Crippen LogP contribution in [0.4, 0.5) is 0 Å². The molecule has 140 valence electrons. The molecule has 1 aromatic carbocycles. The van der Waals surface area contributed by atoms with Crippen LogP contribution in [-0.2, 0) is 13.0 Å². The molecule has 1 aliphatic heterocycles. The first-order chi connectivity index (χ1) is 12.8. The maximum atomic E-state index is 4.34. The summed E-state index contributed by atoms with van der Waals surface area (Å²) in [5, 5.41) is 11.2. The van der Waals surface area contributed by atoms with Gasteiger partial charge >= 0.3 is 0 Å². The molecular weight excluding hydrogens is 340 g/mol. The highest BCUT2D eigenvalue weighted by Crippen LogP contribution is 2.18. The zero-order valence-electron chi connectivity index (χ0n) is 15.9. The summed E-state index contributed by atoms with van der Waals surface area (Å²) in [6, 6.07) is 11.0. The normalized spacial score (nSPS) is 16.2. The van der Waals surface area contributed by atoms with Crippen molar-refractivity contribution < 1.29 is 0 Å². The van der Waals surface area contributed by atoms with E-state index in [0.717, 1.165) is 38.6 Å². The van der Waals surface area contributed by atoms with Crippen LogP contribution in [-0.4, -0.2) is 44.1 Å². The zero-order valence-corrected chi connectivity index (χ0v) is 16.7. The van der Waals surface area contributed by atoms with Crippen LogP contribution >= 0.6 is 11.3 Å². The van der Waals surface area contributed by atoms with Gasteiger partial charge in [0.15, 0.2) is 5.96 Å². The summed E-state index contributed by atoms with van der Waals surface area (Å²) in [6.45, 7) is 7.48. The number of fused-ring (bicyclic) bond motifs is 1. The number of nitrogens with zero attached hydrogens (tertiary/aromatic N) is 2. The van der Waals surface area contributed by atoms with E-state index in [2.05, 4.69) is 68.5 Å². The van der Waals surface area contributed by atoms with E-state index in [0.29, 0.717) is 5.92 Å². The Hall–Kier alpha value is -1.85. The summed E-state index contributed by atoms with van der Waals surface area (Å²) < 4.78 is 0. The molecule has 5 heteroatoms. The van der Waals surface area contributed by atoms with Gasteiger partial charge in [0.25, 0.3) is 0 Å². The van der Waals surface area contributed by atoms with Gasteiger partial charge in [-0.15, -0.1) is 0 Å². The van der Waals surface area contributed by atoms with Crippen LogP contribution in [0.5, 0.6) is 0 Å². The molecule has 1 atom stereocenters. The molecule has 2 heterocycles. The largest absolute Gasteiger partial charge is 0.356 e. The highest BCUT2D eigenvalue weighted by atomic mass is 32.1. The van der Waals surface area contributed by atoms with Crippen LogP contribution in [0.2, 0.25) is 0 Å². The van der Waals surface area contributed by atoms with E-state index in [4.69, 9.17) is 0 Å². The number of hydrogen-bond donors (Lipinski definition) is 2. The Kier molecular flexibility index (Phi) is 7.09. The van der Waals surface area contributed by atoms with E-state index < -0.39 is 0 Å². The first-order valence-electron chi connectivity index (χ1n) is 9.52. The number of nitrogens with one attached hydrogen (secondary N) is 2. The second kappa shape index (κ2) is 9.74. The fourth-order valence-corrected chi connectivity index (χ4v) is 4.18. The molecule has 0 saturated heterocycles. The van der Waals surface area contributed by atoms with E-state index in [9.17, 15) is 0 Å². The molecule has 0 radical (unpaired) electrons. The molecule has 2 N–H and O–H groups in total. The Bertz CT molecular complexity index is 696. The van der Waals surface area contributed by atoms with Crippen LogP contribution in [0.1, 0.15) is 36.0 Å². The smallest absolute Gasteiger partial charge is 0.190 e. The van der Waals surface area contributed by atoms with Gasteiger partial charge in [-0.05, 0) is 52.3 Å². The predicted octanol–water partition coefficient (Wildman–Crippen LogP) is 3.47. The lowest BCUT2D eigenvalue weighted by Gasteiger charge is -2.28. The number of benzene rings is 1. The van der Waals surface area contributed by atoms with Gasteiger partial charge in [-0.25, -0.2) is 0 Å². The van der Waals surface area contributed by atoms with Gasteiger partial charge in [0.2, 0.25) is 0 Å². The van der Waals surface area contributed by atoms with Crippen molar-refractivity contribution in [3.8, 4) is 0 Å². The van der Waals surface area contributed by atoms with Gasteiger partial charge in [0.05, 0.1) is 0 Å².